The Morgan fingerprint density at radius 3 is 1.86 bits per heavy atom. The van der Waals surface area contributed by atoms with E-state index in [1.807, 2.05) is 18.2 Å². The number of nitrogens with zero attached hydrogens (tertiary/aromatic N) is 1. The SMILES string of the molecule is CCO.CCOC(=O)CC1(CC(=O)OCC)CCN(Cc2ccccc2)CC1. The van der Waals surface area contributed by atoms with E-state index in [0.717, 1.165) is 32.5 Å². The number of benzene rings is 1. The molecule has 1 aromatic rings. The van der Waals surface area contributed by atoms with Crippen LogP contribution in [0.2, 0.25) is 0 Å². The molecule has 0 aliphatic carbocycles. The van der Waals surface area contributed by atoms with Crippen LogP contribution in [0.4, 0.5) is 0 Å². The Kier molecular flexibility index (Phi) is 11.4. The number of carbonyl (C=O) groups is 2. The monoisotopic (exact) mass is 393 g/mol. The minimum atomic E-state index is -0.342. The molecule has 2 rings (SSSR count). The Bertz CT molecular complexity index is 546. The van der Waals surface area contributed by atoms with Crippen molar-refractivity contribution in [1.29, 1.82) is 0 Å². The molecule has 6 nitrogen and oxygen atoms in total. The van der Waals surface area contributed by atoms with E-state index in [9.17, 15) is 9.59 Å². The zero-order valence-electron chi connectivity index (χ0n) is 17.5. The van der Waals surface area contributed by atoms with Crippen molar-refractivity contribution in [3.05, 3.63) is 35.9 Å². The molecule has 158 valence electrons. The van der Waals surface area contributed by atoms with Gasteiger partial charge in [-0.25, -0.2) is 0 Å². The number of aliphatic hydroxyl groups is 1. The van der Waals surface area contributed by atoms with Crippen LogP contribution in [0.25, 0.3) is 0 Å². The molecule has 1 aromatic carbocycles. The van der Waals surface area contributed by atoms with Crippen LogP contribution in [-0.2, 0) is 25.6 Å². The van der Waals surface area contributed by atoms with Gasteiger partial charge in [-0.2, -0.15) is 0 Å². The summed E-state index contributed by atoms with van der Waals surface area (Å²) in [5, 5.41) is 7.57. The molecular weight excluding hydrogens is 358 g/mol. The Morgan fingerprint density at radius 2 is 1.43 bits per heavy atom. The van der Waals surface area contributed by atoms with Crippen LogP contribution in [0, 0.1) is 5.41 Å². The summed E-state index contributed by atoms with van der Waals surface area (Å²) < 4.78 is 10.3. The van der Waals surface area contributed by atoms with Crippen LogP contribution >= 0.6 is 0 Å². The number of carbonyl (C=O) groups excluding carboxylic acids is 2. The normalized spacial score (nSPS) is 15.9. The van der Waals surface area contributed by atoms with Crippen LogP contribution < -0.4 is 0 Å². The van der Waals surface area contributed by atoms with Gasteiger partial charge in [-0.05, 0) is 57.7 Å². The van der Waals surface area contributed by atoms with Crippen molar-refractivity contribution >= 4 is 11.9 Å². The van der Waals surface area contributed by atoms with Gasteiger partial charge in [-0.15, -0.1) is 0 Å². The Morgan fingerprint density at radius 1 is 0.964 bits per heavy atom. The lowest BCUT2D eigenvalue weighted by Crippen LogP contribution is -2.42. The van der Waals surface area contributed by atoms with Gasteiger partial charge in [0.2, 0.25) is 0 Å². The van der Waals surface area contributed by atoms with Crippen LogP contribution in [0.5, 0.6) is 0 Å². The number of ether oxygens (including phenoxy) is 2. The summed E-state index contributed by atoms with van der Waals surface area (Å²) in [6, 6.07) is 10.4. The number of hydrogen-bond donors (Lipinski definition) is 1. The molecule has 1 saturated heterocycles. The molecule has 28 heavy (non-hydrogen) atoms. The maximum atomic E-state index is 12.0. The van der Waals surface area contributed by atoms with Crippen molar-refractivity contribution in [3.8, 4) is 0 Å². The number of esters is 2. The second-order valence-electron chi connectivity index (χ2n) is 7.04. The molecule has 0 bridgehead atoms. The van der Waals surface area contributed by atoms with E-state index in [4.69, 9.17) is 14.6 Å². The quantitative estimate of drug-likeness (QED) is 0.684. The van der Waals surface area contributed by atoms with Crippen molar-refractivity contribution < 1.29 is 24.2 Å². The first-order chi connectivity index (χ1) is 13.5. The molecule has 0 saturated carbocycles. The minimum absolute atomic E-state index is 0.219. The molecule has 0 radical (unpaired) electrons. The highest BCUT2D eigenvalue weighted by atomic mass is 16.5. The highest BCUT2D eigenvalue weighted by molar-refractivity contribution is 5.74. The summed E-state index contributed by atoms with van der Waals surface area (Å²) in [5.74, 6) is -0.438. The van der Waals surface area contributed by atoms with Gasteiger partial charge in [0.25, 0.3) is 0 Å². The Hall–Kier alpha value is -1.92. The van der Waals surface area contributed by atoms with Gasteiger partial charge in [0.05, 0.1) is 26.1 Å². The molecule has 1 N–H and O–H groups in total. The molecule has 1 fully saturated rings. The Labute approximate surface area is 168 Å². The summed E-state index contributed by atoms with van der Waals surface area (Å²) in [6.07, 6.45) is 2.19. The highest BCUT2D eigenvalue weighted by Crippen LogP contribution is 2.39. The van der Waals surface area contributed by atoms with Crippen molar-refractivity contribution in [1.82, 2.24) is 4.90 Å². The van der Waals surface area contributed by atoms with E-state index in [1.165, 1.54) is 5.56 Å². The lowest BCUT2D eigenvalue weighted by Gasteiger charge is -2.40. The van der Waals surface area contributed by atoms with E-state index >= 15 is 0 Å². The zero-order valence-corrected chi connectivity index (χ0v) is 17.5. The first kappa shape index (κ1) is 24.1. The van der Waals surface area contributed by atoms with Crippen LogP contribution in [0.1, 0.15) is 52.0 Å². The highest BCUT2D eigenvalue weighted by Gasteiger charge is 2.39. The summed E-state index contributed by atoms with van der Waals surface area (Å²) in [7, 11) is 0. The second kappa shape index (κ2) is 13.3. The smallest absolute Gasteiger partial charge is 0.306 e. The number of aliphatic hydroxyl groups excluding tert-OH is 1. The van der Waals surface area contributed by atoms with Crippen molar-refractivity contribution in [2.75, 3.05) is 32.9 Å². The van der Waals surface area contributed by atoms with E-state index in [0.29, 0.717) is 26.1 Å². The third-order valence-electron chi connectivity index (χ3n) is 4.82. The third kappa shape index (κ3) is 8.85. The number of rotatable bonds is 8. The largest absolute Gasteiger partial charge is 0.466 e. The van der Waals surface area contributed by atoms with E-state index in [-0.39, 0.29) is 24.0 Å². The molecule has 1 aliphatic heterocycles. The number of hydrogen-bond acceptors (Lipinski definition) is 6. The van der Waals surface area contributed by atoms with E-state index < -0.39 is 0 Å². The maximum absolute atomic E-state index is 12.0. The molecule has 1 aliphatic rings. The summed E-state index contributed by atoms with van der Waals surface area (Å²) in [6.45, 7) is 8.91. The first-order valence-corrected chi connectivity index (χ1v) is 10.2. The van der Waals surface area contributed by atoms with Gasteiger partial charge >= 0.3 is 11.9 Å². The van der Waals surface area contributed by atoms with E-state index in [2.05, 4.69) is 17.0 Å². The van der Waals surface area contributed by atoms with Gasteiger partial charge in [0.15, 0.2) is 0 Å². The minimum Gasteiger partial charge on any atom is -0.466 e. The molecule has 0 unspecified atom stereocenters. The summed E-state index contributed by atoms with van der Waals surface area (Å²) >= 11 is 0. The topological polar surface area (TPSA) is 76.1 Å². The van der Waals surface area contributed by atoms with Gasteiger partial charge in [0.1, 0.15) is 0 Å². The average molecular weight is 394 g/mol. The fourth-order valence-electron chi connectivity index (χ4n) is 3.48. The van der Waals surface area contributed by atoms with Crippen LogP contribution in [0.15, 0.2) is 30.3 Å². The number of piperidine rings is 1. The fourth-order valence-corrected chi connectivity index (χ4v) is 3.48. The van der Waals surface area contributed by atoms with Gasteiger partial charge in [-0.1, -0.05) is 30.3 Å². The molecule has 1 heterocycles. The molecule has 0 aromatic heterocycles. The molecule has 0 amide bonds. The Balaban J connectivity index is 0.00000122. The average Bonchev–Trinajstić information content (AvgIpc) is 2.65. The summed E-state index contributed by atoms with van der Waals surface area (Å²) in [5.41, 5.74) is 0.942. The maximum Gasteiger partial charge on any atom is 0.306 e. The lowest BCUT2D eigenvalue weighted by molar-refractivity contribution is -0.151. The molecule has 0 atom stereocenters. The standard InChI is InChI=1S/C20H29NO4.C2H6O/c1-3-24-18(22)14-20(15-19(23)25-4-2)10-12-21(13-11-20)16-17-8-6-5-7-9-17;1-2-3/h5-9H,3-4,10-16H2,1-2H3;3H,2H2,1H3. The predicted molar refractivity (Wildman–Crippen MR) is 109 cm³/mol. The van der Waals surface area contributed by atoms with Crippen LogP contribution in [0.3, 0.4) is 0 Å². The van der Waals surface area contributed by atoms with E-state index in [1.54, 1.807) is 20.8 Å². The third-order valence-corrected chi connectivity index (χ3v) is 4.82. The lowest BCUT2D eigenvalue weighted by atomic mass is 9.73. The predicted octanol–water partition coefficient (Wildman–Crippen LogP) is 3.17. The van der Waals surface area contributed by atoms with Crippen LogP contribution in [-0.4, -0.2) is 54.9 Å². The van der Waals surface area contributed by atoms with Gasteiger partial charge in [-0.3, -0.25) is 14.5 Å². The van der Waals surface area contributed by atoms with Crippen molar-refractivity contribution in [3.63, 3.8) is 0 Å². The zero-order chi connectivity index (χ0) is 20.8. The molecular formula is C22H35NO5. The molecule has 6 heteroatoms. The van der Waals surface area contributed by atoms with Crippen molar-refractivity contribution in [2.24, 2.45) is 5.41 Å². The first-order valence-electron chi connectivity index (χ1n) is 10.2. The fraction of sp³-hybridized carbons (Fsp3) is 0.636. The van der Waals surface area contributed by atoms with Crippen molar-refractivity contribution in [2.45, 2.75) is 53.0 Å². The van der Waals surface area contributed by atoms with Gasteiger partial charge < -0.3 is 14.6 Å². The summed E-state index contributed by atoms with van der Waals surface area (Å²) in [4.78, 5) is 26.5. The number of likely N-dealkylation sites (tertiary alicyclic amines) is 1. The van der Waals surface area contributed by atoms with Gasteiger partial charge in [0, 0.05) is 13.2 Å². The molecule has 0 spiro atoms. The second-order valence-corrected chi connectivity index (χ2v) is 7.04.